The van der Waals surface area contributed by atoms with Gasteiger partial charge in [0.25, 0.3) is 5.91 Å². The summed E-state index contributed by atoms with van der Waals surface area (Å²) in [4.78, 5) is 16.8. The smallest absolute Gasteiger partial charge is 0.257 e. The van der Waals surface area contributed by atoms with Crippen molar-refractivity contribution in [3.63, 3.8) is 0 Å². The van der Waals surface area contributed by atoms with Crippen LogP contribution in [0.1, 0.15) is 10.4 Å². The maximum atomic E-state index is 12.6. The number of hydrogen-bond acceptors (Lipinski definition) is 5. The number of nitrogens with zero attached hydrogens (tertiary/aromatic N) is 1. The highest BCUT2D eigenvalue weighted by Crippen LogP contribution is 2.30. The number of pyridine rings is 1. The molecular weight excluding hydrogens is 435 g/mol. The van der Waals surface area contributed by atoms with E-state index in [1.807, 2.05) is 6.07 Å². The van der Waals surface area contributed by atoms with Crippen LogP contribution in [0.3, 0.4) is 0 Å². The van der Waals surface area contributed by atoms with Crippen molar-refractivity contribution >= 4 is 44.6 Å². The van der Waals surface area contributed by atoms with Crippen LogP contribution in [0, 0.1) is 0 Å². The summed E-state index contributed by atoms with van der Waals surface area (Å²) < 4.78 is 24.0. The largest absolute Gasteiger partial charge is 0.395 e. The van der Waals surface area contributed by atoms with Crippen LogP contribution < -0.4 is 5.32 Å². The van der Waals surface area contributed by atoms with Crippen LogP contribution in [0.2, 0.25) is 10.0 Å². The van der Waals surface area contributed by atoms with Gasteiger partial charge < -0.3 is 10.4 Å². The summed E-state index contributed by atoms with van der Waals surface area (Å²) in [6.45, 7) is -0.503. The average Bonchev–Trinajstić information content (AvgIpc) is 2.70. The summed E-state index contributed by atoms with van der Waals surface area (Å²) in [5, 5.41) is 12.1. The van der Waals surface area contributed by atoms with E-state index in [2.05, 4.69) is 10.3 Å². The van der Waals surface area contributed by atoms with Crippen molar-refractivity contribution in [2.24, 2.45) is 0 Å². The Morgan fingerprint density at radius 1 is 1.03 bits per heavy atom. The Bertz CT molecular complexity index is 1150. The van der Waals surface area contributed by atoms with Crippen LogP contribution in [0.5, 0.6) is 0 Å². The Kier molecular flexibility index (Phi) is 6.54. The fraction of sp³-hybridized carbons (Fsp3) is 0.100. The molecule has 0 atom stereocenters. The number of sulfone groups is 1. The zero-order valence-electron chi connectivity index (χ0n) is 15.0. The normalized spacial score (nSPS) is 11.3. The van der Waals surface area contributed by atoms with E-state index in [0.717, 1.165) is 0 Å². The molecule has 0 saturated heterocycles. The highest BCUT2D eigenvalue weighted by Gasteiger charge is 2.18. The van der Waals surface area contributed by atoms with E-state index < -0.39 is 28.1 Å². The van der Waals surface area contributed by atoms with Crippen LogP contribution in [-0.2, 0) is 9.84 Å². The Morgan fingerprint density at radius 2 is 1.83 bits per heavy atom. The summed E-state index contributed by atoms with van der Waals surface area (Å²) in [5.74, 6) is -0.925. The van der Waals surface area contributed by atoms with Crippen LogP contribution in [0.4, 0.5) is 5.69 Å². The third-order valence-corrected chi connectivity index (χ3v) is 6.40. The fourth-order valence-electron chi connectivity index (χ4n) is 2.63. The maximum absolute atomic E-state index is 12.6. The van der Waals surface area contributed by atoms with Crippen molar-refractivity contribution in [1.82, 2.24) is 4.98 Å². The van der Waals surface area contributed by atoms with E-state index in [1.54, 1.807) is 36.5 Å². The van der Waals surface area contributed by atoms with Crippen LogP contribution in [-0.4, -0.2) is 36.8 Å². The van der Waals surface area contributed by atoms with Crippen molar-refractivity contribution in [2.45, 2.75) is 4.90 Å². The maximum Gasteiger partial charge on any atom is 0.257 e. The molecule has 1 aromatic heterocycles. The van der Waals surface area contributed by atoms with Crippen LogP contribution in [0.15, 0.2) is 65.7 Å². The zero-order valence-corrected chi connectivity index (χ0v) is 17.3. The first-order valence-corrected chi connectivity index (χ1v) is 10.9. The topological polar surface area (TPSA) is 96.4 Å². The minimum Gasteiger partial charge on any atom is -0.395 e. The molecule has 2 aromatic carbocycles. The molecule has 0 saturated carbocycles. The zero-order chi connectivity index (χ0) is 21.0. The molecule has 3 aromatic rings. The monoisotopic (exact) mass is 450 g/mol. The summed E-state index contributed by atoms with van der Waals surface area (Å²) in [5.41, 5.74) is 1.91. The van der Waals surface area contributed by atoms with E-state index >= 15 is 0 Å². The second kappa shape index (κ2) is 8.92. The van der Waals surface area contributed by atoms with Gasteiger partial charge in [0.2, 0.25) is 0 Å². The molecule has 9 heteroatoms. The predicted octanol–water partition coefficient (Wildman–Crippen LogP) is 4.07. The van der Waals surface area contributed by atoms with Gasteiger partial charge >= 0.3 is 0 Å². The van der Waals surface area contributed by atoms with Crippen molar-refractivity contribution in [2.75, 3.05) is 17.7 Å². The quantitative estimate of drug-likeness (QED) is 0.589. The number of carbonyl (C=O) groups excluding carboxylic acids is 1. The summed E-state index contributed by atoms with van der Waals surface area (Å²) in [7, 11) is -3.66. The van der Waals surface area contributed by atoms with Gasteiger partial charge in [-0.2, -0.15) is 0 Å². The van der Waals surface area contributed by atoms with Gasteiger partial charge in [0.05, 0.1) is 38.6 Å². The molecule has 150 valence electrons. The number of amides is 1. The van der Waals surface area contributed by atoms with Gasteiger partial charge in [-0.15, -0.1) is 0 Å². The fourth-order valence-corrected chi connectivity index (χ4v) is 4.23. The van der Waals surface area contributed by atoms with Gasteiger partial charge in [-0.3, -0.25) is 9.78 Å². The molecule has 6 nitrogen and oxygen atoms in total. The standard InChI is InChI=1S/C20H16Cl2N2O4S/c21-17-7-4-13(11-16(17)19-3-1-2-8-23-19)24-20(26)15-6-5-14(12-18(15)22)29(27,28)10-9-25/h1-8,11-12,25H,9-10H2,(H,24,26). The number of aliphatic hydroxyl groups excluding tert-OH is 1. The highest BCUT2D eigenvalue weighted by atomic mass is 35.5. The van der Waals surface area contributed by atoms with E-state index in [0.29, 0.717) is 22.0 Å². The third-order valence-electron chi connectivity index (χ3n) is 4.07. The predicted molar refractivity (Wildman–Crippen MR) is 113 cm³/mol. The lowest BCUT2D eigenvalue weighted by atomic mass is 10.1. The number of nitrogens with one attached hydrogen (secondary N) is 1. The molecule has 0 fully saturated rings. The molecule has 0 spiro atoms. The van der Waals surface area contributed by atoms with Gasteiger partial charge in [0, 0.05) is 17.4 Å². The summed E-state index contributed by atoms with van der Waals surface area (Å²) >= 11 is 12.4. The molecule has 0 unspecified atom stereocenters. The average molecular weight is 451 g/mol. The lowest BCUT2D eigenvalue weighted by molar-refractivity contribution is 0.102. The Hall–Kier alpha value is -2.45. The molecule has 0 radical (unpaired) electrons. The lowest BCUT2D eigenvalue weighted by Gasteiger charge is -2.11. The molecular formula is C20H16Cl2N2O4S. The number of rotatable bonds is 6. The lowest BCUT2D eigenvalue weighted by Crippen LogP contribution is -2.14. The number of aromatic nitrogens is 1. The second-order valence-corrected chi connectivity index (χ2v) is 8.97. The first-order valence-electron chi connectivity index (χ1n) is 8.47. The Morgan fingerprint density at radius 3 is 2.48 bits per heavy atom. The van der Waals surface area contributed by atoms with Crippen molar-refractivity contribution < 1.29 is 18.3 Å². The molecule has 29 heavy (non-hydrogen) atoms. The van der Waals surface area contributed by atoms with Crippen molar-refractivity contribution in [3.05, 3.63) is 76.4 Å². The van der Waals surface area contributed by atoms with Gasteiger partial charge in [-0.25, -0.2) is 8.42 Å². The van der Waals surface area contributed by atoms with E-state index in [4.69, 9.17) is 28.3 Å². The molecule has 1 heterocycles. The minimum absolute atomic E-state index is 0.0135. The molecule has 3 rings (SSSR count). The number of aliphatic hydroxyl groups is 1. The SMILES string of the molecule is O=C(Nc1ccc(Cl)c(-c2ccccn2)c1)c1ccc(S(=O)(=O)CCO)cc1Cl. The molecule has 0 aliphatic rings. The van der Waals surface area contributed by atoms with Gasteiger partial charge in [0.1, 0.15) is 0 Å². The van der Waals surface area contributed by atoms with Gasteiger partial charge in [0.15, 0.2) is 9.84 Å². The van der Waals surface area contributed by atoms with Crippen molar-refractivity contribution in [3.8, 4) is 11.3 Å². The molecule has 1 amide bonds. The van der Waals surface area contributed by atoms with E-state index in [-0.39, 0.29) is 15.5 Å². The minimum atomic E-state index is -3.66. The van der Waals surface area contributed by atoms with Gasteiger partial charge in [-0.1, -0.05) is 29.3 Å². The Labute approximate surface area is 178 Å². The molecule has 0 aliphatic carbocycles. The number of hydrogen-bond donors (Lipinski definition) is 2. The highest BCUT2D eigenvalue weighted by molar-refractivity contribution is 7.91. The molecule has 0 bridgehead atoms. The number of halogens is 2. The van der Waals surface area contributed by atoms with E-state index in [1.165, 1.54) is 18.2 Å². The number of benzene rings is 2. The van der Waals surface area contributed by atoms with Crippen LogP contribution >= 0.6 is 23.2 Å². The molecule has 2 N–H and O–H groups in total. The number of anilines is 1. The van der Waals surface area contributed by atoms with Gasteiger partial charge in [-0.05, 0) is 48.5 Å². The third kappa shape index (κ3) is 4.94. The molecule has 0 aliphatic heterocycles. The first kappa shape index (κ1) is 21.3. The second-order valence-electron chi connectivity index (χ2n) is 6.05. The number of carbonyl (C=O) groups is 1. The Balaban J connectivity index is 1.86. The van der Waals surface area contributed by atoms with Crippen molar-refractivity contribution in [1.29, 1.82) is 0 Å². The summed E-state index contributed by atoms with van der Waals surface area (Å²) in [6.07, 6.45) is 1.64. The van der Waals surface area contributed by atoms with E-state index in [9.17, 15) is 13.2 Å². The first-order chi connectivity index (χ1) is 13.8. The summed E-state index contributed by atoms with van der Waals surface area (Å²) in [6, 6.07) is 14.2. The van der Waals surface area contributed by atoms with Crippen LogP contribution in [0.25, 0.3) is 11.3 Å².